The zero-order chi connectivity index (χ0) is 19.7. The molecule has 2 heterocycles. The van der Waals surface area contributed by atoms with Gasteiger partial charge in [0.05, 0.1) is 5.92 Å². The topological polar surface area (TPSA) is 59.2 Å². The zero-order valence-electron chi connectivity index (χ0n) is 15.4. The van der Waals surface area contributed by atoms with E-state index in [1.807, 2.05) is 48.2 Å². The number of rotatable bonds is 3. The Kier molecular flexibility index (Phi) is 5.51. The summed E-state index contributed by atoms with van der Waals surface area (Å²) in [5, 5.41) is 4.75. The van der Waals surface area contributed by atoms with E-state index in [1.54, 1.807) is 6.07 Å². The van der Waals surface area contributed by atoms with Crippen LogP contribution < -0.4 is 0 Å². The second kappa shape index (κ2) is 8.05. The van der Waals surface area contributed by atoms with E-state index < -0.39 is 0 Å². The van der Waals surface area contributed by atoms with Gasteiger partial charge in [-0.25, -0.2) is 0 Å². The molecule has 1 aliphatic rings. The first-order valence-electron chi connectivity index (χ1n) is 9.17. The van der Waals surface area contributed by atoms with Gasteiger partial charge in [0.15, 0.2) is 0 Å². The summed E-state index contributed by atoms with van der Waals surface area (Å²) < 4.78 is 6.47. The van der Waals surface area contributed by atoms with E-state index in [1.165, 1.54) is 0 Å². The number of amides is 1. The lowest BCUT2D eigenvalue weighted by atomic mass is 9.96. The molecule has 0 saturated carbocycles. The third kappa shape index (κ3) is 3.71. The summed E-state index contributed by atoms with van der Waals surface area (Å²) in [5.74, 6) is 1.15. The number of carbonyl (C=O) groups is 1. The number of benzene rings is 2. The summed E-state index contributed by atoms with van der Waals surface area (Å²) in [6.07, 6.45) is 1.80. The SMILES string of the molecule is Cc1c(Cl)cccc1C(=O)N1CCC[C@H](c2nc(-c3ccccc3Br)no2)C1. The van der Waals surface area contributed by atoms with Crippen molar-refractivity contribution in [2.24, 2.45) is 0 Å². The molecule has 1 fully saturated rings. The van der Waals surface area contributed by atoms with Crippen LogP contribution in [0.5, 0.6) is 0 Å². The minimum absolute atomic E-state index is 0.00441. The maximum Gasteiger partial charge on any atom is 0.254 e. The number of halogens is 2. The highest BCUT2D eigenvalue weighted by molar-refractivity contribution is 9.10. The number of nitrogens with zero attached hydrogens (tertiary/aromatic N) is 3. The van der Waals surface area contributed by atoms with E-state index >= 15 is 0 Å². The van der Waals surface area contributed by atoms with Crippen LogP contribution in [0, 0.1) is 6.92 Å². The molecule has 3 aromatic rings. The van der Waals surface area contributed by atoms with E-state index in [-0.39, 0.29) is 11.8 Å². The van der Waals surface area contributed by atoms with Crippen LogP contribution in [0.4, 0.5) is 0 Å². The minimum atomic E-state index is -0.00441. The number of hydrogen-bond donors (Lipinski definition) is 0. The van der Waals surface area contributed by atoms with Crippen molar-refractivity contribution < 1.29 is 9.32 Å². The summed E-state index contributed by atoms with van der Waals surface area (Å²) in [6, 6.07) is 13.2. The zero-order valence-corrected chi connectivity index (χ0v) is 17.7. The van der Waals surface area contributed by atoms with Crippen molar-refractivity contribution in [3.63, 3.8) is 0 Å². The van der Waals surface area contributed by atoms with Crippen molar-refractivity contribution >= 4 is 33.4 Å². The Bertz CT molecular complexity index is 1020. The van der Waals surface area contributed by atoms with E-state index in [0.29, 0.717) is 35.4 Å². The number of likely N-dealkylation sites (tertiary alicyclic amines) is 1. The lowest BCUT2D eigenvalue weighted by Gasteiger charge is -2.31. The molecule has 1 amide bonds. The highest BCUT2D eigenvalue weighted by Crippen LogP contribution is 2.31. The quantitative estimate of drug-likeness (QED) is 0.519. The molecule has 0 spiro atoms. The van der Waals surface area contributed by atoms with Crippen molar-refractivity contribution in [1.82, 2.24) is 15.0 Å². The number of carbonyl (C=O) groups excluding carboxylic acids is 1. The van der Waals surface area contributed by atoms with E-state index in [0.717, 1.165) is 28.4 Å². The minimum Gasteiger partial charge on any atom is -0.339 e. The molecule has 28 heavy (non-hydrogen) atoms. The molecule has 2 aromatic carbocycles. The fourth-order valence-electron chi connectivity index (χ4n) is 3.53. The molecule has 0 N–H and O–H groups in total. The lowest BCUT2D eigenvalue weighted by Crippen LogP contribution is -2.39. The van der Waals surface area contributed by atoms with Crippen molar-refractivity contribution in [2.75, 3.05) is 13.1 Å². The molecule has 0 bridgehead atoms. The van der Waals surface area contributed by atoms with Gasteiger partial charge in [0.1, 0.15) is 0 Å². The van der Waals surface area contributed by atoms with Gasteiger partial charge in [0.25, 0.3) is 5.91 Å². The largest absolute Gasteiger partial charge is 0.339 e. The molecule has 1 aromatic heterocycles. The maximum atomic E-state index is 13.0. The Morgan fingerprint density at radius 2 is 2.07 bits per heavy atom. The summed E-state index contributed by atoms with van der Waals surface area (Å²) >= 11 is 9.71. The van der Waals surface area contributed by atoms with Crippen LogP contribution in [0.3, 0.4) is 0 Å². The third-order valence-electron chi connectivity index (χ3n) is 5.11. The molecule has 0 unspecified atom stereocenters. The maximum absolute atomic E-state index is 13.0. The lowest BCUT2D eigenvalue weighted by molar-refractivity contribution is 0.0695. The summed E-state index contributed by atoms with van der Waals surface area (Å²) in [4.78, 5) is 19.5. The highest BCUT2D eigenvalue weighted by Gasteiger charge is 2.30. The molecule has 0 radical (unpaired) electrons. The normalized spacial score (nSPS) is 17.0. The molecule has 7 heteroatoms. The molecule has 1 saturated heterocycles. The Balaban J connectivity index is 1.54. The van der Waals surface area contributed by atoms with Gasteiger partial charge in [-0.15, -0.1) is 0 Å². The van der Waals surface area contributed by atoms with Crippen LogP contribution in [0.15, 0.2) is 51.5 Å². The average Bonchev–Trinajstić information content (AvgIpc) is 3.20. The second-order valence-corrected chi connectivity index (χ2v) is 8.20. The molecule has 4 rings (SSSR count). The summed E-state index contributed by atoms with van der Waals surface area (Å²) in [5.41, 5.74) is 2.34. The van der Waals surface area contributed by atoms with Crippen molar-refractivity contribution in [3.8, 4) is 11.4 Å². The van der Waals surface area contributed by atoms with E-state index in [9.17, 15) is 4.79 Å². The van der Waals surface area contributed by atoms with Gasteiger partial charge in [-0.3, -0.25) is 4.79 Å². The van der Waals surface area contributed by atoms with Crippen molar-refractivity contribution in [3.05, 3.63) is 69.0 Å². The molecule has 5 nitrogen and oxygen atoms in total. The Morgan fingerprint density at radius 1 is 1.25 bits per heavy atom. The average molecular weight is 461 g/mol. The highest BCUT2D eigenvalue weighted by atomic mass is 79.9. The second-order valence-electron chi connectivity index (χ2n) is 6.94. The van der Waals surface area contributed by atoms with Crippen LogP contribution in [-0.4, -0.2) is 34.0 Å². The van der Waals surface area contributed by atoms with Gasteiger partial charge in [-0.05, 0) is 49.6 Å². The van der Waals surface area contributed by atoms with Crippen LogP contribution in [0.25, 0.3) is 11.4 Å². The van der Waals surface area contributed by atoms with Gasteiger partial charge in [0.2, 0.25) is 11.7 Å². The number of hydrogen-bond acceptors (Lipinski definition) is 4. The molecule has 1 atom stereocenters. The number of aromatic nitrogens is 2. The first-order valence-corrected chi connectivity index (χ1v) is 10.3. The van der Waals surface area contributed by atoms with Gasteiger partial charge in [-0.2, -0.15) is 4.98 Å². The third-order valence-corrected chi connectivity index (χ3v) is 6.21. The standard InChI is InChI=1S/C21H19BrClN3O2/c1-13-15(8-4-10-18(13)23)21(27)26-11-5-6-14(12-26)20-24-19(25-28-20)16-7-2-3-9-17(16)22/h2-4,7-10,14H,5-6,11-12H2,1H3/t14-/m0/s1. The smallest absolute Gasteiger partial charge is 0.254 e. The van der Waals surface area contributed by atoms with Crippen LogP contribution >= 0.6 is 27.5 Å². The fraction of sp³-hybridized carbons (Fsp3) is 0.286. The first-order chi connectivity index (χ1) is 13.5. The van der Waals surface area contributed by atoms with Crippen LogP contribution in [0.2, 0.25) is 5.02 Å². The monoisotopic (exact) mass is 459 g/mol. The molecule has 0 aliphatic carbocycles. The fourth-order valence-corrected chi connectivity index (χ4v) is 4.16. The van der Waals surface area contributed by atoms with E-state index in [4.69, 9.17) is 16.1 Å². The van der Waals surface area contributed by atoms with Gasteiger partial charge in [-0.1, -0.05) is 50.9 Å². The Morgan fingerprint density at radius 3 is 2.89 bits per heavy atom. The van der Waals surface area contributed by atoms with Gasteiger partial charge < -0.3 is 9.42 Å². The molecule has 1 aliphatic heterocycles. The van der Waals surface area contributed by atoms with Crippen LogP contribution in [-0.2, 0) is 0 Å². The van der Waals surface area contributed by atoms with Gasteiger partial charge in [0, 0.05) is 33.7 Å². The van der Waals surface area contributed by atoms with Crippen LogP contribution in [0.1, 0.15) is 40.6 Å². The summed E-state index contributed by atoms with van der Waals surface area (Å²) in [7, 11) is 0. The van der Waals surface area contributed by atoms with Crippen molar-refractivity contribution in [1.29, 1.82) is 0 Å². The Labute approximate surface area is 176 Å². The summed E-state index contributed by atoms with van der Waals surface area (Å²) in [6.45, 7) is 3.15. The van der Waals surface area contributed by atoms with Gasteiger partial charge >= 0.3 is 0 Å². The predicted octanol–water partition coefficient (Wildman–Crippen LogP) is 5.48. The molecule has 144 valence electrons. The molecular formula is C21H19BrClN3O2. The Hall–Kier alpha value is -2.18. The molecular weight excluding hydrogens is 442 g/mol. The predicted molar refractivity (Wildman–Crippen MR) is 112 cm³/mol. The van der Waals surface area contributed by atoms with Crippen molar-refractivity contribution in [2.45, 2.75) is 25.7 Å². The number of piperidine rings is 1. The first kappa shape index (κ1) is 19.2. The van der Waals surface area contributed by atoms with E-state index in [2.05, 4.69) is 26.1 Å².